The minimum Gasteiger partial charge on any atom is -0.376 e. The van der Waals surface area contributed by atoms with Gasteiger partial charge in [0.25, 0.3) is 5.69 Å². The van der Waals surface area contributed by atoms with Crippen molar-refractivity contribution in [1.29, 1.82) is 0 Å². The lowest BCUT2D eigenvalue weighted by Gasteiger charge is -2.15. The molecule has 0 saturated carbocycles. The maximum Gasteiger partial charge on any atom is 0.295 e. The Hall–Kier alpha value is -2.09. The van der Waals surface area contributed by atoms with Crippen molar-refractivity contribution >= 4 is 11.4 Å². The number of rotatable bonds is 5. The van der Waals surface area contributed by atoms with E-state index >= 15 is 0 Å². The standard InChI is InChI=1S/C12H13FN2O2/c1-3-5-10(4-2)14-11-7-6-9(13)8-12(11)15(16)17/h1,6-8,10,14H,4-5H2,2H3. The summed E-state index contributed by atoms with van der Waals surface area (Å²) in [5.74, 6) is 1.86. The van der Waals surface area contributed by atoms with Gasteiger partial charge in [-0.05, 0) is 18.6 Å². The zero-order valence-electron chi connectivity index (χ0n) is 9.44. The van der Waals surface area contributed by atoms with E-state index in [0.717, 1.165) is 12.5 Å². The Morgan fingerprint density at radius 1 is 1.65 bits per heavy atom. The quantitative estimate of drug-likeness (QED) is 0.486. The minimum atomic E-state index is -0.632. The van der Waals surface area contributed by atoms with E-state index in [0.29, 0.717) is 12.1 Å². The van der Waals surface area contributed by atoms with Crippen LogP contribution in [0.5, 0.6) is 0 Å². The molecule has 4 nitrogen and oxygen atoms in total. The van der Waals surface area contributed by atoms with E-state index in [4.69, 9.17) is 6.42 Å². The summed E-state index contributed by atoms with van der Waals surface area (Å²) in [5.41, 5.74) is 0.0129. The Bertz CT molecular complexity index is 454. The van der Waals surface area contributed by atoms with Crippen LogP contribution in [0.1, 0.15) is 19.8 Å². The molecule has 0 spiro atoms. The predicted octanol–water partition coefficient (Wildman–Crippen LogP) is 2.95. The molecule has 0 aliphatic heterocycles. The van der Waals surface area contributed by atoms with Gasteiger partial charge in [0.15, 0.2) is 0 Å². The van der Waals surface area contributed by atoms with Gasteiger partial charge in [0.05, 0.1) is 11.0 Å². The second-order valence-corrected chi connectivity index (χ2v) is 3.58. The first kappa shape index (κ1) is 13.0. The highest BCUT2D eigenvalue weighted by molar-refractivity contribution is 5.61. The first-order chi connectivity index (χ1) is 8.08. The highest BCUT2D eigenvalue weighted by Crippen LogP contribution is 2.26. The molecule has 0 fully saturated rings. The van der Waals surface area contributed by atoms with Crippen molar-refractivity contribution in [3.8, 4) is 12.3 Å². The number of anilines is 1. The van der Waals surface area contributed by atoms with Gasteiger partial charge in [0, 0.05) is 12.5 Å². The lowest BCUT2D eigenvalue weighted by atomic mass is 10.1. The minimum absolute atomic E-state index is 0.0517. The van der Waals surface area contributed by atoms with Crippen molar-refractivity contribution in [2.24, 2.45) is 0 Å². The van der Waals surface area contributed by atoms with Gasteiger partial charge in [-0.1, -0.05) is 6.92 Å². The van der Waals surface area contributed by atoms with Gasteiger partial charge in [0.1, 0.15) is 11.5 Å². The molecule has 0 amide bonds. The molecule has 1 unspecified atom stereocenters. The van der Waals surface area contributed by atoms with Crippen LogP contribution in [0.2, 0.25) is 0 Å². The fourth-order valence-corrected chi connectivity index (χ4v) is 1.44. The second kappa shape index (κ2) is 5.85. The fourth-order valence-electron chi connectivity index (χ4n) is 1.44. The van der Waals surface area contributed by atoms with Crippen LogP contribution in [-0.2, 0) is 0 Å². The molecule has 0 aliphatic rings. The molecule has 1 atom stereocenters. The number of nitrogens with zero attached hydrogens (tertiary/aromatic N) is 1. The van der Waals surface area contributed by atoms with Crippen molar-refractivity contribution in [3.05, 3.63) is 34.1 Å². The van der Waals surface area contributed by atoms with Crippen LogP contribution in [0.3, 0.4) is 0 Å². The smallest absolute Gasteiger partial charge is 0.295 e. The molecular formula is C12H13FN2O2. The highest BCUT2D eigenvalue weighted by Gasteiger charge is 2.16. The molecule has 0 aliphatic carbocycles. The van der Waals surface area contributed by atoms with E-state index in [2.05, 4.69) is 11.2 Å². The molecule has 1 aromatic rings. The number of terminal acetylenes is 1. The van der Waals surface area contributed by atoms with Crippen LogP contribution in [-0.4, -0.2) is 11.0 Å². The molecular weight excluding hydrogens is 223 g/mol. The maximum absolute atomic E-state index is 12.9. The molecule has 1 rings (SSSR count). The van der Waals surface area contributed by atoms with Crippen molar-refractivity contribution in [3.63, 3.8) is 0 Å². The summed E-state index contributed by atoms with van der Waals surface area (Å²) >= 11 is 0. The zero-order valence-corrected chi connectivity index (χ0v) is 9.44. The number of halogens is 1. The number of nitrogens with one attached hydrogen (secondary N) is 1. The lowest BCUT2D eigenvalue weighted by Crippen LogP contribution is -2.18. The third kappa shape index (κ3) is 3.45. The molecule has 0 saturated heterocycles. The molecule has 5 heteroatoms. The summed E-state index contributed by atoms with van der Waals surface area (Å²) < 4.78 is 12.9. The average molecular weight is 236 g/mol. The summed E-state index contributed by atoms with van der Waals surface area (Å²) in [6, 6.07) is 3.37. The Labute approximate surface area is 99.0 Å². The summed E-state index contributed by atoms with van der Waals surface area (Å²) in [6.45, 7) is 1.92. The van der Waals surface area contributed by atoms with E-state index < -0.39 is 10.7 Å². The van der Waals surface area contributed by atoms with Crippen molar-refractivity contribution in [1.82, 2.24) is 0 Å². The van der Waals surface area contributed by atoms with Gasteiger partial charge >= 0.3 is 0 Å². The number of hydrogen-bond acceptors (Lipinski definition) is 3. The Kier molecular flexibility index (Phi) is 4.46. The first-order valence-corrected chi connectivity index (χ1v) is 5.22. The molecule has 17 heavy (non-hydrogen) atoms. The van der Waals surface area contributed by atoms with Gasteiger partial charge in [-0.2, -0.15) is 0 Å². The van der Waals surface area contributed by atoms with Crippen molar-refractivity contribution in [2.75, 3.05) is 5.32 Å². The monoisotopic (exact) mass is 236 g/mol. The van der Waals surface area contributed by atoms with Crippen LogP contribution in [0.25, 0.3) is 0 Å². The molecule has 0 radical (unpaired) electrons. The zero-order chi connectivity index (χ0) is 12.8. The number of nitro benzene ring substituents is 1. The average Bonchev–Trinajstić information content (AvgIpc) is 2.30. The van der Waals surface area contributed by atoms with Crippen LogP contribution in [0, 0.1) is 28.3 Å². The van der Waals surface area contributed by atoms with Gasteiger partial charge in [-0.15, -0.1) is 12.3 Å². The number of hydrogen-bond donors (Lipinski definition) is 1. The molecule has 1 N–H and O–H groups in total. The summed E-state index contributed by atoms with van der Waals surface area (Å²) in [5, 5.41) is 13.7. The van der Waals surface area contributed by atoms with Gasteiger partial charge in [-0.3, -0.25) is 10.1 Å². The highest BCUT2D eigenvalue weighted by atomic mass is 19.1. The van der Waals surface area contributed by atoms with Gasteiger partial charge in [-0.25, -0.2) is 4.39 Å². The summed E-state index contributed by atoms with van der Waals surface area (Å²) in [7, 11) is 0. The van der Waals surface area contributed by atoms with Crippen molar-refractivity contribution in [2.45, 2.75) is 25.8 Å². The molecule has 1 aromatic carbocycles. The maximum atomic E-state index is 12.9. The first-order valence-electron chi connectivity index (χ1n) is 5.22. The summed E-state index contributed by atoms with van der Waals surface area (Å²) in [6.07, 6.45) is 6.39. The van der Waals surface area contributed by atoms with E-state index in [1.807, 2.05) is 6.92 Å². The topological polar surface area (TPSA) is 55.2 Å². The van der Waals surface area contributed by atoms with Crippen LogP contribution in [0.4, 0.5) is 15.8 Å². The van der Waals surface area contributed by atoms with Crippen LogP contribution >= 0.6 is 0 Å². The van der Waals surface area contributed by atoms with E-state index in [-0.39, 0.29) is 11.7 Å². The van der Waals surface area contributed by atoms with Crippen molar-refractivity contribution < 1.29 is 9.31 Å². The van der Waals surface area contributed by atoms with Gasteiger partial charge in [0.2, 0.25) is 0 Å². The van der Waals surface area contributed by atoms with E-state index in [1.165, 1.54) is 12.1 Å². The SMILES string of the molecule is C#CCC(CC)Nc1ccc(F)cc1[N+](=O)[O-]. The predicted molar refractivity (Wildman–Crippen MR) is 64.2 cm³/mol. The normalized spacial score (nSPS) is 11.6. The Morgan fingerprint density at radius 3 is 2.88 bits per heavy atom. The van der Waals surface area contributed by atoms with Crippen LogP contribution in [0.15, 0.2) is 18.2 Å². The number of benzene rings is 1. The second-order valence-electron chi connectivity index (χ2n) is 3.58. The largest absolute Gasteiger partial charge is 0.376 e. The molecule has 0 heterocycles. The van der Waals surface area contributed by atoms with E-state index in [1.54, 1.807) is 0 Å². The molecule has 0 aromatic heterocycles. The van der Waals surface area contributed by atoms with Gasteiger partial charge < -0.3 is 5.32 Å². The Morgan fingerprint density at radius 2 is 2.35 bits per heavy atom. The Balaban J connectivity index is 2.97. The third-order valence-electron chi connectivity index (χ3n) is 2.37. The third-order valence-corrected chi connectivity index (χ3v) is 2.37. The van der Waals surface area contributed by atoms with E-state index in [9.17, 15) is 14.5 Å². The van der Waals surface area contributed by atoms with Crippen LogP contribution < -0.4 is 5.32 Å². The molecule has 90 valence electrons. The fraction of sp³-hybridized carbons (Fsp3) is 0.333. The lowest BCUT2D eigenvalue weighted by molar-refractivity contribution is -0.384. The number of nitro groups is 1. The molecule has 0 bridgehead atoms. The summed E-state index contributed by atoms with van der Waals surface area (Å²) in [4.78, 5) is 10.1.